The average Bonchev–Trinajstić information content (AvgIpc) is 3.76. The zero-order valence-corrected chi connectivity index (χ0v) is 24.2. The van der Waals surface area contributed by atoms with Gasteiger partial charge in [-0.3, -0.25) is 4.57 Å². The van der Waals surface area contributed by atoms with Crippen molar-refractivity contribution in [3.63, 3.8) is 0 Å². The van der Waals surface area contributed by atoms with Crippen LogP contribution in [0.25, 0.3) is 88.3 Å². The first-order valence-electron chi connectivity index (χ1n) is 15.2. The van der Waals surface area contributed by atoms with E-state index >= 15 is 0 Å². The smallest absolute Gasteiger partial charge is 0.229 e. The largest absolute Gasteiger partial charge is 0.438 e. The summed E-state index contributed by atoms with van der Waals surface area (Å²) in [4.78, 5) is 5.15. The van der Waals surface area contributed by atoms with E-state index in [1.54, 1.807) is 0 Å². The lowest BCUT2D eigenvalue weighted by atomic mass is 10.1. The second-order valence-corrected chi connectivity index (χ2v) is 11.6. The summed E-state index contributed by atoms with van der Waals surface area (Å²) in [6.07, 6.45) is 0. The maximum Gasteiger partial charge on any atom is 0.229 e. The topological polar surface area (TPSA) is 35.9 Å². The summed E-state index contributed by atoms with van der Waals surface area (Å²) in [5, 5.41) is 6.91. The van der Waals surface area contributed by atoms with Gasteiger partial charge in [-0.1, -0.05) is 109 Å². The first kappa shape index (κ1) is 24.3. The Hall–Kier alpha value is -6.13. The molecule has 0 fully saturated rings. The molecule has 0 N–H and O–H groups in total. The van der Waals surface area contributed by atoms with Crippen molar-refractivity contribution in [3.05, 3.63) is 152 Å². The van der Waals surface area contributed by atoms with Crippen LogP contribution in [0.2, 0.25) is 0 Å². The molecule has 0 atom stereocenters. The number of fused-ring (bicyclic) bond motifs is 10. The fraction of sp³-hybridized carbons (Fsp3) is 0. The van der Waals surface area contributed by atoms with E-state index in [9.17, 15) is 0 Å². The summed E-state index contributed by atoms with van der Waals surface area (Å²) in [6, 6.07) is 53.7. The number of nitrogens with zero attached hydrogens (tertiary/aromatic N) is 3. The maximum absolute atomic E-state index is 6.26. The summed E-state index contributed by atoms with van der Waals surface area (Å²) in [5.41, 5.74) is 9.58. The number of furan rings is 1. The summed E-state index contributed by atoms with van der Waals surface area (Å²) in [7, 11) is 0. The molecule has 0 saturated heterocycles. The van der Waals surface area contributed by atoms with Crippen LogP contribution >= 0.6 is 0 Å². The maximum atomic E-state index is 6.26. The highest BCUT2D eigenvalue weighted by Gasteiger charge is 2.22. The fourth-order valence-corrected chi connectivity index (χ4v) is 7.16. The summed E-state index contributed by atoms with van der Waals surface area (Å²) in [5.74, 6) is 0.830. The zero-order valence-electron chi connectivity index (χ0n) is 24.2. The first-order chi connectivity index (χ1) is 22.3. The Morgan fingerprint density at radius 3 is 1.69 bits per heavy atom. The molecular weight excluding hydrogens is 550 g/mol. The van der Waals surface area contributed by atoms with Gasteiger partial charge in [-0.15, -0.1) is 0 Å². The summed E-state index contributed by atoms with van der Waals surface area (Å²) < 4.78 is 11.0. The van der Waals surface area contributed by atoms with E-state index in [-0.39, 0.29) is 0 Å². The van der Waals surface area contributed by atoms with Gasteiger partial charge >= 0.3 is 0 Å². The minimum absolute atomic E-state index is 0.642. The van der Waals surface area contributed by atoms with Crippen molar-refractivity contribution < 1.29 is 4.42 Å². The predicted molar refractivity (Wildman–Crippen MR) is 186 cm³/mol. The second kappa shape index (κ2) is 9.18. The molecule has 45 heavy (non-hydrogen) atoms. The number of rotatable bonds is 3. The Bertz CT molecular complexity index is 2750. The monoisotopic (exact) mass is 575 g/mol. The van der Waals surface area contributed by atoms with Crippen LogP contribution in [0.1, 0.15) is 0 Å². The molecule has 10 aromatic rings. The van der Waals surface area contributed by atoms with Crippen LogP contribution in [0.15, 0.2) is 156 Å². The van der Waals surface area contributed by atoms with Crippen molar-refractivity contribution in [1.82, 2.24) is 14.1 Å². The number of hydrogen-bond acceptors (Lipinski definition) is 2. The van der Waals surface area contributed by atoms with Crippen molar-refractivity contribution in [3.8, 4) is 22.6 Å². The zero-order chi connectivity index (χ0) is 29.5. The first-order valence-corrected chi connectivity index (χ1v) is 15.2. The van der Waals surface area contributed by atoms with Crippen molar-refractivity contribution in [1.29, 1.82) is 0 Å². The molecule has 6 aromatic carbocycles. The van der Waals surface area contributed by atoms with Gasteiger partial charge in [0.1, 0.15) is 11.4 Å². The van der Waals surface area contributed by atoms with E-state index in [0.717, 1.165) is 44.4 Å². The molecular formula is C41H25N3O. The Balaban J connectivity index is 1.32. The molecule has 0 unspecified atom stereocenters. The third-order valence-corrected chi connectivity index (χ3v) is 9.16. The summed E-state index contributed by atoms with van der Waals surface area (Å²) in [6.45, 7) is 0. The lowest BCUT2D eigenvalue weighted by Crippen LogP contribution is -2.00. The Kier molecular flexibility index (Phi) is 4.96. The van der Waals surface area contributed by atoms with Crippen molar-refractivity contribution in [2.45, 2.75) is 0 Å². The van der Waals surface area contributed by atoms with Gasteiger partial charge in [0.15, 0.2) is 0 Å². The van der Waals surface area contributed by atoms with Crippen LogP contribution < -0.4 is 0 Å². The van der Waals surface area contributed by atoms with Gasteiger partial charge in [0, 0.05) is 38.0 Å². The van der Waals surface area contributed by atoms with Gasteiger partial charge in [0.2, 0.25) is 5.71 Å². The highest BCUT2D eigenvalue weighted by molar-refractivity contribution is 6.23. The Morgan fingerprint density at radius 2 is 0.956 bits per heavy atom. The molecule has 0 aliphatic rings. The van der Waals surface area contributed by atoms with Gasteiger partial charge in [-0.05, 0) is 53.6 Å². The summed E-state index contributed by atoms with van der Waals surface area (Å²) >= 11 is 0. The molecule has 0 aliphatic heterocycles. The van der Waals surface area contributed by atoms with Gasteiger partial charge in [0.05, 0.1) is 22.1 Å². The van der Waals surface area contributed by atoms with Crippen molar-refractivity contribution >= 4 is 65.7 Å². The normalized spacial score (nSPS) is 12.0. The highest BCUT2D eigenvalue weighted by Crippen LogP contribution is 2.42. The lowest BCUT2D eigenvalue weighted by molar-refractivity contribution is 0.653. The van der Waals surface area contributed by atoms with Crippen molar-refractivity contribution in [2.24, 2.45) is 0 Å². The SMILES string of the molecule is c1ccc(-c2ccc(-n3c4ccccc4c4ccc5c6ccccc6n(-c6ccc7c(n6)oc6ccccc67)c5c43)cc2)cc1. The standard InChI is InChI=1S/C41H25N3O/c1-2-10-26(11-3-1)27-18-20-28(21-19-27)43-35-15-7-4-12-29(35)32-22-23-33-30-13-5-8-16-36(30)44(40(33)39(32)43)38-25-24-34-31-14-6-9-17-37(31)45-41(34)42-38/h1-25H. The van der Waals surface area contributed by atoms with Crippen molar-refractivity contribution in [2.75, 3.05) is 0 Å². The molecule has 4 aromatic heterocycles. The number of aromatic nitrogens is 3. The van der Waals surface area contributed by atoms with Crippen LogP contribution in [-0.2, 0) is 0 Å². The lowest BCUT2D eigenvalue weighted by Gasteiger charge is -2.12. The average molecular weight is 576 g/mol. The van der Waals surface area contributed by atoms with Gasteiger partial charge in [-0.25, -0.2) is 0 Å². The van der Waals surface area contributed by atoms with E-state index in [2.05, 4.69) is 143 Å². The van der Waals surface area contributed by atoms with Crippen LogP contribution in [0.5, 0.6) is 0 Å². The van der Waals surface area contributed by atoms with E-state index in [4.69, 9.17) is 9.40 Å². The quantitative estimate of drug-likeness (QED) is 0.210. The second-order valence-electron chi connectivity index (χ2n) is 11.6. The van der Waals surface area contributed by atoms with E-state index in [1.807, 2.05) is 18.2 Å². The molecule has 4 heterocycles. The van der Waals surface area contributed by atoms with E-state index in [0.29, 0.717) is 5.71 Å². The number of para-hydroxylation sites is 3. The third kappa shape index (κ3) is 3.45. The predicted octanol–water partition coefficient (Wildman–Crippen LogP) is 10.8. The molecule has 210 valence electrons. The van der Waals surface area contributed by atoms with Gasteiger partial charge in [0.25, 0.3) is 0 Å². The van der Waals surface area contributed by atoms with E-state index in [1.165, 1.54) is 38.2 Å². The molecule has 0 radical (unpaired) electrons. The molecule has 10 rings (SSSR count). The molecule has 0 aliphatic carbocycles. The molecule has 0 bridgehead atoms. The van der Waals surface area contributed by atoms with Crippen LogP contribution in [-0.4, -0.2) is 14.1 Å². The minimum atomic E-state index is 0.642. The van der Waals surface area contributed by atoms with Gasteiger partial charge < -0.3 is 8.98 Å². The number of pyridine rings is 1. The Morgan fingerprint density at radius 1 is 0.400 bits per heavy atom. The van der Waals surface area contributed by atoms with Crippen LogP contribution in [0.3, 0.4) is 0 Å². The molecule has 4 nitrogen and oxygen atoms in total. The Labute approximate surface area is 258 Å². The number of hydrogen-bond donors (Lipinski definition) is 0. The molecule has 0 spiro atoms. The molecule has 4 heteroatoms. The van der Waals surface area contributed by atoms with Gasteiger partial charge in [-0.2, -0.15) is 4.98 Å². The highest BCUT2D eigenvalue weighted by atomic mass is 16.3. The van der Waals surface area contributed by atoms with Crippen LogP contribution in [0, 0.1) is 0 Å². The minimum Gasteiger partial charge on any atom is -0.438 e. The number of benzene rings is 6. The fourth-order valence-electron chi connectivity index (χ4n) is 7.16. The molecule has 0 saturated carbocycles. The van der Waals surface area contributed by atoms with Crippen LogP contribution in [0.4, 0.5) is 0 Å². The third-order valence-electron chi connectivity index (χ3n) is 9.16. The molecule has 0 amide bonds. The van der Waals surface area contributed by atoms with E-state index < -0.39 is 0 Å².